The Morgan fingerprint density at radius 3 is 2.72 bits per heavy atom. The molecule has 3 saturated carbocycles. The Labute approximate surface area is 151 Å². The van der Waals surface area contributed by atoms with Gasteiger partial charge in [-0.05, 0) is 42.6 Å². The van der Waals surface area contributed by atoms with Gasteiger partial charge in [0.25, 0.3) is 0 Å². The molecule has 0 spiro atoms. The topological polar surface area (TPSA) is 27.7 Å². The summed E-state index contributed by atoms with van der Waals surface area (Å²) in [5.74, 6) is 1.44. The second-order valence-electron chi connectivity index (χ2n) is 8.61. The van der Waals surface area contributed by atoms with Gasteiger partial charge in [-0.3, -0.25) is 0 Å². The van der Waals surface area contributed by atoms with Crippen LogP contribution in [0.3, 0.4) is 0 Å². The number of hydrogen-bond donors (Lipinski definition) is 0. The molecule has 0 aromatic heterocycles. The first kappa shape index (κ1) is 17.3. The molecule has 0 unspecified atom stereocenters. The quantitative estimate of drug-likeness (QED) is 0.434. The minimum atomic E-state index is -0.101. The molecule has 1 aromatic carbocycles. The van der Waals surface area contributed by atoms with Crippen LogP contribution in [0.5, 0.6) is 0 Å². The van der Waals surface area contributed by atoms with Crippen LogP contribution < -0.4 is 0 Å². The lowest BCUT2D eigenvalue weighted by atomic mass is 9.43. The van der Waals surface area contributed by atoms with Crippen LogP contribution in [0.2, 0.25) is 6.32 Å². The Balaban J connectivity index is 1.22. The third-order valence-electron chi connectivity index (χ3n) is 6.82. The first-order valence-corrected chi connectivity index (χ1v) is 9.60. The van der Waals surface area contributed by atoms with Gasteiger partial charge in [-0.25, -0.2) is 0 Å². The molecule has 3 aliphatic carbocycles. The third-order valence-corrected chi connectivity index (χ3v) is 6.82. The van der Waals surface area contributed by atoms with E-state index in [1.54, 1.807) is 0 Å². The van der Waals surface area contributed by atoms with Crippen LogP contribution in [-0.2, 0) is 20.7 Å². The molecule has 1 aliphatic heterocycles. The molecule has 0 amide bonds. The second kappa shape index (κ2) is 6.57. The zero-order valence-electron chi connectivity index (χ0n) is 15.6. The summed E-state index contributed by atoms with van der Waals surface area (Å²) in [6.07, 6.45) is 7.74. The van der Waals surface area contributed by atoms with Crippen molar-refractivity contribution >= 4 is 7.12 Å². The molecule has 25 heavy (non-hydrogen) atoms. The van der Waals surface area contributed by atoms with Crippen molar-refractivity contribution in [3.8, 4) is 0 Å². The van der Waals surface area contributed by atoms with E-state index in [-0.39, 0.29) is 18.8 Å². The summed E-state index contributed by atoms with van der Waals surface area (Å²) in [6.45, 7) is 8.34. The van der Waals surface area contributed by atoms with Crippen molar-refractivity contribution in [2.24, 2.45) is 17.3 Å². The van der Waals surface area contributed by atoms with Gasteiger partial charge in [0.2, 0.25) is 0 Å². The van der Waals surface area contributed by atoms with Crippen LogP contribution in [-0.4, -0.2) is 25.4 Å². The van der Waals surface area contributed by atoms with Crippen LogP contribution in [0.1, 0.15) is 39.2 Å². The van der Waals surface area contributed by atoms with Crippen molar-refractivity contribution in [3.05, 3.63) is 48.0 Å². The lowest BCUT2D eigenvalue weighted by Gasteiger charge is -2.64. The maximum absolute atomic E-state index is 6.40. The predicted octanol–water partition coefficient (Wildman–Crippen LogP) is 4.49. The fraction of sp³-hybridized carbons (Fsp3) is 0.619. The Kier molecular flexibility index (Phi) is 4.55. The van der Waals surface area contributed by atoms with Gasteiger partial charge in [-0.15, -0.1) is 0 Å². The number of ether oxygens (including phenoxy) is 1. The van der Waals surface area contributed by atoms with E-state index in [1.165, 1.54) is 12.0 Å². The molecule has 4 aliphatic rings. The Bertz CT molecular complexity index is 629. The highest BCUT2D eigenvalue weighted by Gasteiger charge is 2.67. The first-order valence-electron chi connectivity index (χ1n) is 9.60. The highest BCUT2D eigenvalue weighted by molar-refractivity contribution is 6.46. The van der Waals surface area contributed by atoms with Crippen LogP contribution in [0, 0.1) is 17.3 Å². The van der Waals surface area contributed by atoms with Crippen LogP contribution in [0.4, 0.5) is 0 Å². The van der Waals surface area contributed by atoms with E-state index < -0.39 is 0 Å². The van der Waals surface area contributed by atoms with Crippen molar-refractivity contribution in [1.82, 2.24) is 0 Å². The summed E-state index contributed by atoms with van der Waals surface area (Å²) in [4.78, 5) is 0. The molecule has 0 N–H and O–H groups in total. The van der Waals surface area contributed by atoms with Gasteiger partial charge in [0.1, 0.15) is 0 Å². The minimum Gasteiger partial charge on any atom is -0.405 e. The summed E-state index contributed by atoms with van der Waals surface area (Å²) in [7, 11) is -0.101. The monoisotopic (exact) mass is 340 g/mol. The largest absolute Gasteiger partial charge is 0.461 e. The van der Waals surface area contributed by atoms with Crippen LogP contribution in [0.25, 0.3) is 0 Å². The van der Waals surface area contributed by atoms with E-state index in [0.29, 0.717) is 24.5 Å². The maximum atomic E-state index is 6.40. The van der Waals surface area contributed by atoms with Gasteiger partial charge < -0.3 is 14.0 Å². The van der Waals surface area contributed by atoms with Gasteiger partial charge >= 0.3 is 7.12 Å². The molecule has 3 nitrogen and oxygen atoms in total. The van der Waals surface area contributed by atoms with E-state index >= 15 is 0 Å². The van der Waals surface area contributed by atoms with Crippen molar-refractivity contribution in [2.45, 2.75) is 58.2 Å². The average molecular weight is 340 g/mol. The summed E-state index contributed by atoms with van der Waals surface area (Å²) < 4.78 is 18.3. The molecule has 1 saturated heterocycles. The van der Waals surface area contributed by atoms with Crippen molar-refractivity contribution < 1.29 is 14.0 Å². The normalized spacial score (nSPS) is 35.6. The number of hydrogen-bond acceptors (Lipinski definition) is 3. The molecular formula is C21H29BO3. The smallest absolute Gasteiger partial charge is 0.405 e. The van der Waals surface area contributed by atoms with Crippen molar-refractivity contribution in [2.75, 3.05) is 6.61 Å². The number of benzene rings is 1. The minimum absolute atomic E-state index is 0.0967. The summed E-state index contributed by atoms with van der Waals surface area (Å²) in [6, 6.07) is 10.3. The van der Waals surface area contributed by atoms with Gasteiger partial charge in [0.15, 0.2) is 0 Å². The molecule has 0 radical (unpaired) electrons. The molecule has 4 heteroatoms. The highest BCUT2D eigenvalue weighted by atomic mass is 16.7. The van der Waals surface area contributed by atoms with Gasteiger partial charge in [-0.2, -0.15) is 0 Å². The van der Waals surface area contributed by atoms with Crippen LogP contribution >= 0.6 is 0 Å². The zero-order valence-corrected chi connectivity index (χ0v) is 15.6. The van der Waals surface area contributed by atoms with E-state index in [4.69, 9.17) is 14.0 Å². The van der Waals surface area contributed by atoms with Crippen LogP contribution in [0.15, 0.2) is 42.5 Å². The summed E-state index contributed by atoms with van der Waals surface area (Å²) >= 11 is 0. The van der Waals surface area contributed by atoms with Crippen molar-refractivity contribution in [1.29, 1.82) is 0 Å². The molecule has 1 heterocycles. The van der Waals surface area contributed by atoms with E-state index in [2.05, 4.69) is 45.1 Å². The Hall–Kier alpha value is -1.10. The second-order valence-corrected chi connectivity index (χ2v) is 8.61. The van der Waals surface area contributed by atoms with E-state index in [9.17, 15) is 0 Å². The lowest BCUT2D eigenvalue weighted by molar-refractivity contribution is -0.199. The average Bonchev–Trinajstić information content (AvgIpc) is 2.94. The number of allylic oxidation sites excluding steroid dienone is 1. The molecule has 2 bridgehead atoms. The highest BCUT2D eigenvalue weighted by Crippen LogP contribution is 2.65. The molecule has 134 valence electrons. The predicted molar refractivity (Wildman–Crippen MR) is 100 cm³/mol. The standard InChI is InChI=1S/C21H29BO3/c1-20(2)17-13-18(20)21(3)19(14-17)24-22(25-21)11-7-8-12-23-15-16-9-5-4-6-10-16/h4-10,17-19H,11-15H2,1-3H3/b8-7+/t17-,18-,19+,21-/m0/s1. The lowest BCUT2D eigenvalue weighted by Crippen LogP contribution is -2.65. The zero-order chi connectivity index (χ0) is 17.5. The Morgan fingerprint density at radius 1 is 1.16 bits per heavy atom. The first-order chi connectivity index (χ1) is 12.0. The Morgan fingerprint density at radius 2 is 1.96 bits per heavy atom. The molecule has 5 rings (SSSR count). The maximum Gasteiger partial charge on any atom is 0.461 e. The fourth-order valence-corrected chi connectivity index (χ4v) is 5.15. The molecule has 4 atom stereocenters. The van der Waals surface area contributed by atoms with E-state index in [1.807, 2.05) is 18.2 Å². The SMILES string of the molecule is CC1(C)[C@@H]2C[C@H]3OB(C/C=C/COCc4ccccc4)O[C@@]3(C)[C@H]1C2. The summed E-state index contributed by atoms with van der Waals surface area (Å²) in [5, 5.41) is 0. The van der Waals surface area contributed by atoms with E-state index in [0.717, 1.165) is 18.7 Å². The van der Waals surface area contributed by atoms with Gasteiger partial charge in [0.05, 0.1) is 24.9 Å². The van der Waals surface area contributed by atoms with Gasteiger partial charge in [0, 0.05) is 6.32 Å². The van der Waals surface area contributed by atoms with Crippen molar-refractivity contribution in [3.63, 3.8) is 0 Å². The number of rotatable bonds is 6. The fourth-order valence-electron chi connectivity index (χ4n) is 5.15. The summed E-state index contributed by atoms with van der Waals surface area (Å²) in [5.41, 5.74) is 1.52. The molecule has 4 fully saturated rings. The third kappa shape index (κ3) is 3.09. The van der Waals surface area contributed by atoms with Gasteiger partial charge in [-0.1, -0.05) is 56.3 Å². The molecule has 1 aromatic rings. The molecular weight excluding hydrogens is 311 g/mol.